The molecule has 1 aliphatic heterocycles. The number of carboxylic acids is 1. The molecule has 1 aliphatic rings. The van der Waals surface area contributed by atoms with E-state index in [0.29, 0.717) is 13.2 Å². The van der Waals surface area contributed by atoms with Crippen LogP contribution in [0.4, 0.5) is 4.79 Å². The normalized spacial score (nSPS) is 22.2. The van der Waals surface area contributed by atoms with Crippen LogP contribution in [0, 0.1) is 0 Å². The van der Waals surface area contributed by atoms with Gasteiger partial charge in [0.1, 0.15) is 0 Å². The first-order valence-electron chi connectivity index (χ1n) is 6.55. The summed E-state index contributed by atoms with van der Waals surface area (Å²) in [6.45, 7) is 2.85. The molecular formula is C12H22N2O5. The second kappa shape index (κ2) is 7.30. The zero-order valence-electron chi connectivity index (χ0n) is 11.2. The molecule has 0 aromatic rings. The third-order valence-corrected chi connectivity index (χ3v) is 3.22. The number of hydrogen-bond acceptors (Lipinski definition) is 4. The summed E-state index contributed by atoms with van der Waals surface area (Å²) in [4.78, 5) is 24.8. The highest BCUT2D eigenvalue weighted by Crippen LogP contribution is 2.19. The van der Waals surface area contributed by atoms with Gasteiger partial charge >= 0.3 is 12.0 Å². The molecular weight excluding hydrogens is 252 g/mol. The molecule has 1 saturated heterocycles. The van der Waals surface area contributed by atoms with Gasteiger partial charge in [0.05, 0.1) is 13.2 Å². The maximum absolute atomic E-state index is 12.1. The van der Waals surface area contributed by atoms with Gasteiger partial charge in [-0.1, -0.05) is 13.3 Å². The lowest BCUT2D eigenvalue weighted by atomic mass is 9.99. The SMILES string of the molecule is CCCCN(CCO)C(=O)NC1(C(=O)O)CCOC1. The molecule has 3 N–H and O–H groups in total. The zero-order chi connectivity index (χ0) is 14.3. The van der Waals surface area contributed by atoms with Gasteiger partial charge in [0.2, 0.25) is 0 Å². The number of unbranched alkanes of at least 4 members (excludes halogenated alkanes) is 1. The van der Waals surface area contributed by atoms with Crippen molar-refractivity contribution < 1.29 is 24.5 Å². The molecule has 1 atom stereocenters. The van der Waals surface area contributed by atoms with Gasteiger partial charge in [0.25, 0.3) is 0 Å². The van der Waals surface area contributed by atoms with Crippen LogP contribution in [0.15, 0.2) is 0 Å². The van der Waals surface area contributed by atoms with Gasteiger partial charge in [-0.25, -0.2) is 9.59 Å². The third kappa shape index (κ3) is 4.07. The fourth-order valence-corrected chi connectivity index (χ4v) is 1.95. The Kier molecular flexibility index (Phi) is 6.04. The van der Waals surface area contributed by atoms with E-state index in [2.05, 4.69) is 5.32 Å². The van der Waals surface area contributed by atoms with Crippen molar-refractivity contribution in [2.75, 3.05) is 32.9 Å². The third-order valence-electron chi connectivity index (χ3n) is 3.22. The number of nitrogens with zero attached hydrogens (tertiary/aromatic N) is 1. The van der Waals surface area contributed by atoms with Crippen LogP contribution in [-0.4, -0.2) is 65.6 Å². The second-order valence-electron chi connectivity index (χ2n) is 4.68. The highest BCUT2D eigenvalue weighted by atomic mass is 16.5. The summed E-state index contributed by atoms with van der Waals surface area (Å²) in [6, 6.07) is -0.463. The first-order chi connectivity index (χ1) is 9.05. The van der Waals surface area contributed by atoms with Crippen LogP contribution in [0.3, 0.4) is 0 Å². The van der Waals surface area contributed by atoms with Crippen molar-refractivity contribution in [3.8, 4) is 0 Å². The van der Waals surface area contributed by atoms with Gasteiger partial charge < -0.3 is 25.2 Å². The Morgan fingerprint density at radius 1 is 1.42 bits per heavy atom. The predicted molar refractivity (Wildman–Crippen MR) is 67.9 cm³/mol. The number of nitrogens with one attached hydrogen (secondary N) is 1. The van der Waals surface area contributed by atoms with E-state index in [9.17, 15) is 14.7 Å². The summed E-state index contributed by atoms with van der Waals surface area (Å²) in [5, 5.41) is 20.7. The summed E-state index contributed by atoms with van der Waals surface area (Å²) in [6.07, 6.45) is 1.99. The highest BCUT2D eigenvalue weighted by molar-refractivity contribution is 5.86. The fourth-order valence-electron chi connectivity index (χ4n) is 1.95. The molecule has 7 heteroatoms. The Bertz CT molecular complexity index is 315. The van der Waals surface area contributed by atoms with Crippen LogP contribution in [0.25, 0.3) is 0 Å². The summed E-state index contributed by atoms with van der Waals surface area (Å²) in [5.41, 5.74) is -1.34. The van der Waals surface area contributed by atoms with E-state index < -0.39 is 17.5 Å². The number of carbonyl (C=O) groups is 2. The Hall–Kier alpha value is -1.34. The first kappa shape index (κ1) is 15.7. The van der Waals surface area contributed by atoms with Crippen molar-refractivity contribution in [3.63, 3.8) is 0 Å². The molecule has 0 radical (unpaired) electrons. The summed E-state index contributed by atoms with van der Waals surface area (Å²) in [5.74, 6) is -1.09. The molecule has 7 nitrogen and oxygen atoms in total. The summed E-state index contributed by atoms with van der Waals surface area (Å²) >= 11 is 0. The molecule has 2 amide bonds. The number of carboxylic acid groups (broad SMARTS) is 1. The van der Waals surface area contributed by atoms with Crippen LogP contribution < -0.4 is 5.32 Å². The van der Waals surface area contributed by atoms with Crippen molar-refractivity contribution in [2.24, 2.45) is 0 Å². The van der Waals surface area contributed by atoms with Gasteiger partial charge in [-0.2, -0.15) is 0 Å². The fraction of sp³-hybridized carbons (Fsp3) is 0.833. The lowest BCUT2D eigenvalue weighted by molar-refractivity contribution is -0.144. The lowest BCUT2D eigenvalue weighted by Gasteiger charge is -2.29. The van der Waals surface area contributed by atoms with E-state index in [-0.39, 0.29) is 26.2 Å². The number of aliphatic hydroxyl groups is 1. The number of rotatable bonds is 7. The lowest BCUT2D eigenvalue weighted by Crippen LogP contribution is -2.58. The maximum atomic E-state index is 12.1. The van der Waals surface area contributed by atoms with Crippen LogP contribution in [0.2, 0.25) is 0 Å². The average molecular weight is 274 g/mol. The maximum Gasteiger partial charge on any atom is 0.332 e. The monoisotopic (exact) mass is 274 g/mol. The molecule has 1 unspecified atom stereocenters. The average Bonchev–Trinajstić information content (AvgIpc) is 2.84. The molecule has 1 rings (SSSR count). The smallest absolute Gasteiger partial charge is 0.332 e. The highest BCUT2D eigenvalue weighted by Gasteiger charge is 2.44. The van der Waals surface area contributed by atoms with Gasteiger partial charge in [0, 0.05) is 26.1 Å². The van der Waals surface area contributed by atoms with E-state index in [1.165, 1.54) is 4.90 Å². The second-order valence-corrected chi connectivity index (χ2v) is 4.68. The summed E-state index contributed by atoms with van der Waals surface area (Å²) < 4.78 is 5.08. The van der Waals surface area contributed by atoms with Gasteiger partial charge in [-0.3, -0.25) is 0 Å². The van der Waals surface area contributed by atoms with Crippen LogP contribution in [0.1, 0.15) is 26.2 Å². The zero-order valence-corrected chi connectivity index (χ0v) is 11.2. The van der Waals surface area contributed by atoms with Crippen molar-refractivity contribution >= 4 is 12.0 Å². The minimum Gasteiger partial charge on any atom is -0.479 e. The predicted octanol–water partition coefficient (Wildman–Crippen LogP) is 0.0341. The topological polar surface area (TPSA) is 99.1 Å². The van der Waals surface area contributed by atoms with Crippen molar-refractivity contribution in [1.29, 1.82) is 0 Å². The standard InChI is InChI=1S/C12H22N2O5/c1-2-3-5-14(6-7-15)11(18)13-12(10(16)17)4-8-19-9-12/h15H,2-9H2,1H3,(H,13,18)(H,16,17). The van der Waals surface area contributed by atoms with E-state index in [4.69, 9.17) is 9.84 Å². The van der Waals surface area contributed by atoms with E-state index in [1.54, 1.807) is 0 Å². The van der Waals surface area contributed by atoms with E-state index in [1.807, 2.05) is 6.92 Å². The minimum atomic E-state index is -1.34. The molecule has 0 aliphatic carbocycles. The molecule has 110 valence electrons. The number of ether oxygens (including phenoxy) is 1. The number of aliphatic hydroxyl groups excluding tert-OH is 1. The Balaban J connectivity index is 2.65. The quantitative estimate of drug-likeness (QED) is 0.608. The number of urea groups is 1. The largest absolute Gasteiger partial charge is 0.479 e. The van der Waals surface area contributed by atoms with Gasteiger partial charge in [0.15, 0.2) is 5.54 Å². The van der Waals surface area contributed by atoms with Crippen molar-refractivity contribution in [2.45, 2.75) is 31.7 Å². The Morgan fingerprint density at radius 2 is 2.16 bits per heavy atom. The Labute approximate surface area is 112 Å². The molecule has 0 aromatic carbocycles. The van der Waals surface area contributed by atoms with Crippen LogP contribution in [0.5, 0.6) is 0 Å². The molecule has 1 fully saturated rings. The summed E-state index contributed by atoms with van der Waals surface area (Å²) in [7, 11) is 0. The molecule has 0 spiro atoms. The van der Waals surface area contributed by atoms with E-state index >= 15 is 0 Å². The molecule has 0 saturated carbocycles. The Morgan fingerprint density at radius 3 is 2.63 bits per heavy atom. The van der Waals surface area contributed by atoms with Crippen LogP contribution in [-0.2, 0) is 9.53 Å². The minimum absolute atomic E-state index is 0.0190. The molecule has 1 heterocycles. The van der Waals surface area contributed by atoms with Crippen molar-refractivity contribution in [1.82, 2.24) is 10.2 Å². The van der Waals surface area contributed by atoms with Gasteiger partial charge in [-0.05, 0) is 6.42 Å². The van der Waals surface area contributed by atoms with E-state index in [0.717, 1.165) is 12.8 Å². The molecule has 0 aromatic heterocycles. The number of amides is 2. The number of carbonyl (C=O) groups excluding carboxylic acids is 1. The number of aliphatic carboxylic acids is 1. The molecule has 19 heavy (non-hydrogen) atoms. The number of hydrogen-bond donors (Lipinski definition) is 3. The van der Waals surface area contributed by atoms with Crippen LogP contribution >= 0.6 is 0 Å². The first-order valence-corrected chi connectivity index (χ1v) is 6.55. The van der Waals surface area contributed by atoms with Gasteiger partial charge in [-0.15, -0.1) is 0 Å². The van der Waals surface area contributed by atoms with Crippen molar-refractivity contribution in [3.05, 3.63) is 0 Å². The molecule has 0 bridgehead atoms.